The van der Waals surface area contributed by atoms with Gasteiger partial charge >= 0.3 is 0 Å². The molecule has 1 atom stereocenters. The van der Waals surface area contributed by atoms with Gasteiger partial charge in [0.05, 0.1) is 0 Å². The van der Waals surface area contributed by atoms with E-state index in [2.05, 4.69) is 20.8 Å². The zero-order chi connectivity index (χ0) is 14.7. The maximum absolute atomic E-state index is 12.6. The maximum atomic E-state index is 12.6. The molecular formula is C16H32B2O. The van der Waals surface area contributed by atoms with Crippen molar-refractivity contribution in [3.05, 3.63) is 11.4 Å². The Balaban J connectivity index is 4.56. The van der Waals surface area contributed by atoms with Crippen molar-refractivity contribution in [1.82, 2.24) is 0 Å². The highest BCUT2D eigenvalue weighted by atomic mass is 16.1. The zero-order valence-corrected chi connectivity index (χ0v) is 13.8. The number of allylic oxidation sites excluding steroid dienone is 1. The highest BCUT2D eigenvalue weighted by Crippen LogP contribution is 2.34. The van der Waals surface area contributed by atoms with Crippen molar-refractivity contribution in [2.75, 3.05) is 0 Å². The van der Waals surface area contributed by atoms with E-state index in [1.54, 1.807) is 0 Å². The van der Waals surface area contributed by atoms with Crippen molar-refractivity contribution in [3.63, 3.8) is 0 Å². The third-order valence-electron chi connectivity index (χ3n) is 4.25. The summed E-state index contributed by atoms with van der Waals surface area (Å²) in [6.45, 7) is 6.64. The third kappa shape index (κ3) is 7.03. The van der Waals surface area contributed by atoms with Crippen molar-refractivity contribution in [1.29, 1.82) is 0 Å². The summed E-state index contributed by atoms with van der Waals surface area (Å²) in [5.74, 6) is 2.34. The molecule has 0 aromatic rings. The van der Waals surface area contributed by atoms with Crippen LogP contribution in [0.25, 0.3) is 0 Å². The molecule has 0 N–H and O–H groups in total. The Hall–Kier alpha value is -0.460. The van der Waals surface area contributed by atoms with Crippen LogP contribution >= 0.6 is 0 Å². The molecule has 0 aromatic heterocycles. The number of ketones is 1. The Morgan fingerprint density at radius 2 is 1.47 bits per heavy atom. The number of rotatable bonds is 11. The smallest absolute Gasteiger partial charge is 0.154 e. The Bertz CT molecular complexity index is 286. The maximum Gasteiger partial charge on any atom is 0.154 e. The number of hydrogen-bond donors (Lipinski definition) is 0. The lowest BCUT2D eigenvalue weighted by molar-refractivity contribution is -0.124. The lowest BCUT2D eigenvalue weighted by Gasteiger charge is -2.29. The molecule has 0 aromatic carbocycles. The van der Waals surface area contributed by atoms with Gasteiger partial charge in [-0.05, 0) is 12.8 Å². The topological polar surface area (TPSA) is 17.1 Å². The number of hydrogen-bond acceptors (Lipinski definition) is 1. The van der Waals surface area contributed by atoms with E-state index in [0.29, 0.717) is 5.78 Å². The molecule has 3 heteroatoms. The first-order valence-corrected chi connectivity index (χ1v) is 8.19. The van der Waals surface area contributed by atoms with Gasteiger partial charge in [-0.15, -0.1) is 5.98 Å². The minimum absolute atomic E-state index is 0.125. The van der Waals surface area contributed by atoms with E-state index in [0.717, 1.165) is 18.3 Å². The van der Waals surface area contributed by atoms with Gasteiger partial charge in [0.1, 0.15) is 15.7 Å². The van der Waals surface area contributed by atoms with Crippen LogP contribution in [0.5, 0.6) is 0 Å². The van der Waals surface area contributed by atoms with Crippen LogP contribution in [0, 0.1) is 5.41 Å². The van der Waals surface area contributed by atoms with Crippen LogP contribution in [0.3, 0.4) is 0 Å². The predicted octanol–water partition coefficient (Wildman–Crippen LogP) is 3.22. The van der Waals surface area contributed by atoms with Gasteiger partial charge in [-0.3, -0.25) is 4.79 Å². The second-order valence-electron chi connectivity index (χ2n) is 6.13. The van der Waals surface area contributed by atoms with Crippen LogP contribution in [0.15, 0.2) is 11.4 Å². The Morgan fingerprint density at radius 3 is 1.95 bits per heavy atom. The summed E-state index contributed by atoms with van der Waals surface area (Å²) < 4.78 is 0. The van der Waals surface area contributed by atoms with Gasteiger partial charge in [-0.1, -0.05) is 71.2 Å². The van der Waals surface area contributed by atoms with Gasteiger partial charge < -0.3 is 0 Å². The van der Waals surface area contributed by atoms with Crippen LogP contribution in [-0.2, 0) is 4.79 Å². The molecule has 108 valence electrons. The van der Waals surface area contributed by atoms with Crippen LogP contribution in [0.1, 0.15) is 78.6 Å². The van der Waals surface area contributed by atoms with Crippen LogP contribution < -0.4 is 0 Å². The molecule has 19 heavy (non-hydrogen) atoms. The molecule has 1 unspecified atom stereocenters. The lowest BCUT2D eigenvalue weighted by atomic mass is 9.69. The summed E-state index contributed by atoms with van der Waals surface area (Å²) >= 11 is 0. The van der Waals surface area contributed by atoms with Crippen molar-refractivity contribution in [2.24, 2.45) is 5.41 Å². The number of carbonyl (C=O) groups excluding carboxylic acids is 1. The van der Waals surface area contributed by atoms with E-state index >= 15 is 0 Å². The molecule has 0 spiro atoms. The lowest BCUT2D eigenvalue weighted by Crippen LogP contribution is -2.29. The fourth-order valence-corrected chi connectivity index (χ4v) is 2.67. The van der Waals surface area contributed by atoms with E-state index in [1.807, 2.05) is 21.7 Å². The highest BCUT2D eigenvalue weighted by Gasteiger charge is 2.31. The van der Waals surface area contributed by atoms with Gasteiger partial charge in [0.15, 0.2) is 5.78 Å². The van der Waals surface area contributed by atoms with E-state index in [4.69, 9.17) is 0 Å². The predicted molar refractivity (Wildman–Crippen MR) is 91.2 cm³/mol. The first kappa shape index (κ1) is 18.5. The van der Waals surface area contributed by atoms with Gasteiger partial charge in [-0.25, -0.2) is 0 Å². The Morgan fingerprint density at radius 1 is 1.00 bits per heavy atom. The van der Waals surface area contributed by atoms with Gasteiger partial charge in [0.25, 0.3) is 0 Å². The van der Waals surface area contributed by atoms with Crippen molar-refractivity contribution in [3.8, 4) is 0 Å². The number of Topliss-reactive ketones (excluding diaryl/α,β-unsaturated/α-hetero) is 1. The fraction of sp³-hybridized carbons (Fsp3) is 0.812. The second kappa shape index (κ2) is 10.3. The van der Waals surface area contributed by atoms with Gasteiger partial charge in [-0.2, -0.15) is 0 Å². The SMILES string of the molecule is B/C=C(\B)C(=O)C(C)(CCCCC)CCCCCC. The molecule has 1 nitrogen and oxygen atoms in total. The summed E-state index contributed by atoms with van der Waals surface area (Å²) in [6, 6.07) is 0. The molecule has 0 amide bonds. The minimum Gasteiger partial charge on any atom is -0.295 e. The van der Waals surface area contributed by atoms with Crippen molar-refractivity contribution >= 4 is 21.5 Å². The number of unbranched alkanes of at least 4 members (excludes halogenated alkanes) is 5. The molecule has 0 saturated carbocycles. The summed E-state index contributed by atoms with van der Waals surface area (Å²) in [6.07, 6.45) is 10.8. The standard InChI is InChI=1S/C16H32B2O/c1-4-6-8-10-12-16(3,11-9-7-5-2)15(19)14(18)13-17/h13H,4-12,17-18H2,1-3H3/b14-13-. The molecule has 0 rings (SSSR count). The average Bonchev–Trinajstić information content (AvgIpc) is 2.42. The van der Waals surface area contributed by atoms with E-state index in [9.17, 15) is 4.79 Å². The summed E-state index contributed by atoms with van der Waals surface area (Å²) in [5, 5.41) is 0. The van der Waals surface area contributed by atoms with Crippen molar-refractivity contribution < 1.29 is 4.79 Å². The molecule has 0 aliphatic carbocycles. The fourth-order valence-electron chi connectivity index (χ4n) is 2.67. The number of carbonyl (C=O) groups is 1. The third-order valence-corrected chi connectivity index (χ3v) is 4.25. The summed E-state index contributed by atoms with van der Waals surface area (Å²) in [7, 11) is 3.93. The van der Waals surface area contributed by atoms with Crippen LogP contribution in [0.4, 0.5) is 0 Å². The Labute approximate surface area is 122 Å². The summed E-state index contributed by atoms with van der Waals surface area (Å²) in [5.41, 5.74) is 0.814. The van der Waals surface area contributed by atoms with E-state index < -0.39 is 0 Å². The monoisotopic (exact) mass is 262 g/mol. The molecule has 0 bridgehead atoms. The normalized spacial score (nSPS) is 15.2. The van der Waals surface area contributed by atoms with Gasteiger partial charge in [0.2, 0.25) is 0 Å². The minimum atomic E-state index is -0.125. The van der Waals surface area contributed by atoms with E-state index in [1.165, 1.54) is 44.9 Å². The molecule has 0 saturated heterocycles. The first-order valence-electron chi connectivity index (χ1n) is 8.19. The van der Waals surface area contributed by atoms with Gasteiger partial charge in [0, 0.05) is 5.41 Å². The average molecular weight is 262 g/mol. The molecule has 0 aliphatic rings. The Kier molecular flexibility index (Phi) is 10.1. The second-order valence-corrected chi connectivity index (χ2v) is 6.13. The first-order chi connectivity index (χ1) is 9.01. The highest BCUT2D eigenvalue weighted by molar-refractivity contribution is 6.41. The van der Waals surface area contributed by atoms with Crippen LogP contribution in [-0.4, -0.2) is 21.5 Å². The quantitative estimate of drug-likeness (QED) is 0.317. The largest absolute Gasteiger partial charge is 0.295 e. The van der Waals surface area contributed by atoms with Crippen molar-refractivity contribution in [2.45, 2.75) is 78.6 Å². The molecule has 0 fully saturated rings. The molecule has 0 radical (unpaired) electrons. The van der Waals surface area contributed by atoms with E-state index in [-0.39, 0.29) is 5.41 Å². The zero-order valence-electron chi connectivity index (χ0n) is 13.8. The molecule has 0 heterocycles. The summed E-state index contributed by atoms with van der Waals surface area (Å²) in [4.78, 5) is 12.6. The molecule has 0 aliphatic heterocycles. The molecular weight excluding hydrogens is 230 g/mol. The van der Waals surface area contributed by atoms with Crippen LogP contribution in [0.2, 0.25) is 0 Å².